The zero-order chi connectivity index (χ0) is 19.8. The first-order valence-electron chi connectivity index (χ1n) is 8.01. The van der Waals surface area contributed by atoms with Crippen LogP contribution in [0.25, 0.3) is 5.65 Å². The van der Waals surface area contributed by atoms with E-state index in [1.54, 1.807) is 12.1 Å². The number of aromatic nitrogens is 3. The third-order valence-electron chi connectivity index (χ3n) is 3.47. The fourth-order valence-electron chi connectivity index (χ4n) is 2.35. The summed E-state index contributed by atoms with van der Waals surface area (Å²) in [4.78, 5) is 16.6. The average molecular weight is 408 g/mol. The second-order valence-corrected chi connectivity index (χ2v) is 8.94. The molecule has 0 fully saturated rings. The van der Waals surface area contributed by atoms with Crippen LogP contribution < -0.4 is 10.0 Å². The molecule has 0 radical (unpaired) electrons. The number of rotatable bonds is 4. The van der Waals surface area contributed by atoms with Crippen LogP contribution in [0.5, 0.6) is 0 Å². The molecule has 2 heterocycles. The van der Waals surface area contributed by atoms with E-state index in [1.807, 2.05) is 20.8 Å². The SMILES string of the molecule is CC(C)(C)NC(=O)c1cnn2ccc(NS(=O)(=O)c3ccccc3Cl)nc12. The molecule has 0 unspecified atom stereocenters. The maximum Gasteiger partial charge on any atom is 0.264 e. The molecular weight excluding hydrogens is 390 g/mol. The molecule has 3 aromatic rings. The molecule has 0 bridgehead atoms. The van der Waals surface area contributed by atoms with Gasteiger partial charge in [0.1, 0.15) is 16.3 Å². The summed E-state index contributed by atoms with van der Waals surface area (Å²) in [6.07, 6.45) is 2.90. The number of hydrogen-bond donors (Lipinski definition) is 2. The average Bonchev–Trinajstić information content (AvgIpc) is 2.96. The highest BCUT2D eigenvalue weighted by Crippen LogP contribution is 2.23. The van der Waals surface area contributed by atoms with Crippen molar-refractivity contribution in [2.75, 3.05) is 4.72 Å². The smallest absolute Gasteiger partial charge is 0.264 e. The van der Waals surface area contributed by atoms with E-state index in [-0.39, 0.29) is 32.9 Å². The lowest BCUT2D eigenvalue weighted by Crippen LogP contribution is -2.40. The highest BCUT2D eigenvalue weighted by atomic mass is 35.5. The summed E-state index contributed by atoms with van der Waals surface area (Å²) >= 11 is 5.97. The van der Waals surface area contributed by atoms with E-state index < -0.39 is 15.6 Å². The lowest BCUT2D eigenvalue weighted by Gasteiger charge is -2.19. The van der Waals surface area contributed by atoms with Gasteiger partial charge in [-0.25, -0.2) is 17.9 Å². The van der Waals surface area contributed by atoms with Crippen molar-refractivity contribution >= 4 is 39.0 Å². The number of carbonyl (C=O) groups excluding carboxylic acids is 1. The van der Waals surface area contributed by atoms with E-state index >= 15 is 0 Å². The minimum absolute atomic E-state index is 0.0488. The molecule has 2 aromatic heterocycles. The van der Waals surface area contributed by atoms with Gasteiger partial charge in [0, 0.05) is 11.7 Å². The molecule has 3 rings (SSSR count). The molecule has 2 N–H and O–H groups in total. The highest BCUT2D eigenvalue weighted by Gasteiger charge is 2.22. The van der Waals surface area contributed by atoms with E-state index in [1.165, 1.54) is 35.1 Å². The van der Waals surface area contributed by atoms with Gasteiger partial charge in [0.25, 0.3) is 15.9 Å². The van der Waals surface area contributed by atoms with Crippen LogP contribution in [0.1, 0.15) is 31.1 Å². The normalized spacial score (nSPS) is 12.1. The molecule has 1 amide bonds. The molecule has 0 saturated carbocycles. The molecule has 8 nitrogen and oxygen atoms in total. The van der Waals surface area contributed by atoms with Crippen molar-refractivity contribution in [2.45, 2.75) is 31.2 Å². The summed E-state index contributed by atoms with van der Waals surface area (Å²) in [5, 5.41) is 7.00. The Morgan fingerprint density at radius 1 is 1.19 bits per heavy atom. The largest absolute Gasteiger partial charge is 0.347 e. The van der Waals surface area contributed by atoms with Gasteiger partial charge in [-0.3, -0.25) is 9.52 Å². The number of amides is 1. The van der Waals surface area contributed by atoms with Crippen LogP contribution in [0, 0.1) is 0 Å². The van der Waals surface area contributed by atoms with Crippen LogP contribution in [0.3, 0.4) is 0 Å². The first-order chi connectivity index (χ1) is 12.6. The Balaban J connectivity index is 1.96. The van der Waals surface area contributed by atoms with Crippen LogP contribution in [0.15, 0.2) is 47.6 Å². The number of fused-ring (bicyclic) bond motifs is 1. The van der Waals surface area contributed by atoms with Crippen LogP contribution in [-0.2, 0) is 10.0 Å². The lowest BCUT2D eigenvalue weighted by atomic mass is 10.1. The number of anilines is 1. The summed E-state index contributed by atoms with van der Waals surface area (Å²) in [7, 11) is -3.93. The number of sulfonamides is 1. The molecule has 0 atom stereocenters. The molecule has 0 aliphatic carbocycles. The van der Waals surface area contributed by atoms with E-state index in [9.17, 15) is 13.2 Å². The predicted octanol–water partition coefficient (Wildman–Crippen LogP) is 2.71. The Bertz CT molecular complexity index is 1120. The van der Waals surface area contributed by atoms with E-state index in [0.29, 0.717) is 0 Å². The van der Waals surface area contributed by atoms with E-state index in [2.05, 4.69) is 20.1 Å². The molecule has 0 spiro atoms. The minimum Gasteiger partial charge on any atom is -0.347 e. The van der Waals surface area contributed by atoms with Crippen molar-refractivity contribution in [3.63, 3.8) is 0 Å². The van der Waals surface area contributed by atoms with Crippen molar-refractivity contribution < 1.29 is 13.2 Å². The summed E-state index contributed by atoms with van der Waals surface area (Å²) < 4.78 is 28.9. The number of hydrogen-bond acceptors (Lipinski definition) is 5. The van der Waals surface area contributed by atoms with Crippen molar-refractivity contribution in [1.29, 1.82) is 0 Å². The lowest BCUT2D eigenvalue weighted by molar-refractivity contribution is 0.0921. The second kappa shape index (κ2) is 6.82. The van der Waals surface area contributed by atoms with Gasteiger partial charge in [-0.05, 0) is 39.0 Å². The minimum atomic E-state index is -3.93. The zero-order valence-corrected chi connectivity index (χ0v) is 16.5. The van der Waals surface area contributed by atoms with Gasteiger partial charge in [0.15, 0.2) is 5.65 Å². The molecule has 27 heavy (non-hydrogen) atoms. The summed E-state index contributed by atoms with van der Waals surface area (Å²) in [5.41, 5.74) is 0.0361. The number of carbonyl (C=O) groups is 1. The summed E-state index contributed by atoms with van der Waals surface area (Å²) in [6, 6.07) is 7.53. The molecule has 10 heteroatoms. The van der Waals surface area contributed by atoms with Gasteiger partial charge < -0.3 is 5.32 Å². The summed E-state index contributed by atoms with van der Waals surface area (Å²) in [6.45, 7) is 5.56. The quantitative estimate of drug-likeness (QED) is 0.691. The highest BCUT2D eigenvalue weighted by molar-refractivity contribution is 7.92. The maximum atomic E-state index is 12.6. The first-order valence-corrected chi connectivity index (χ1v) is 9.87. The number of nitrogens with zero attached hydrogens (tertiary/aromatic N) is 3. The second-order valence-electron chi connectivity index (χ2n) is 6.88. The summed E-state index contributed by atoms with van der Waals surface area (Å²) in [5.74, 6) is -0.302. The Labute approximate surface area is 161 Å². The Kier molecular flexibility index (Phi) is 4.83. The van der Waals surface area contributed by atoms with Gasteiger partial charge in [0.2, 0.25) is 0 Å². The standard InChI is InChI=1S/C17H18ClN5O3S/c1-17(2,3)21-16(24)11-10-19-23-9-8-14(20-15(11)23)22-27(25,26)13-7-5-4-6-12(13)18/h4-10H,1-3H3,(H,20,22)(H,21,24). The van der Waals surface area contributed by atoms with Crippen molar-refractivity contribution in [3.8, 4) is 0 Å². The van der Waals surface area contributed by atoms with E-state index in [4.69, 9.17) is 11.6 Å². The zero-order valence-electron chi connectivity index (χ0n) is 14.9. The van der Waals surface area contributed by atoms with Crippen LogP contribution in [0.4, 0.5) is 5.82 Å². The van der Waals surface area contributed by atoms with Gasteiger partial charge in [0.05, 0.1) is 11.2 Å². The van der Waals surface area contributed by atoms with Crippen LogP contribution in [0.2, 0.25) is 5.02 Å². The van der Waals surface area contributed by atoms with E-state index in [0.717, 1.165) is 0 Å². The third kappa shape index (κ3) is 4.20. The van der Waals surface area contributed by atoms with Crippen molar-refractivity contribution in [3.05, 3.63) is 53.3 Å². The topological polar surface area (TPSA) is 105 Å². The van der Waals surface area contributed by atoms with Gasteiger partial charge >= 0.3 is 0 Å². The fourth-order valence-corrected chi connectivity index (χ4v) is 3.87. The number of benzene rings is 1. The molecule has 142 valence electrons. The fraction of sp³-hybridized carbons (Fsp3) is 0.235. The Morgan fingerprint density at radius 2 is 1.89 bits per heavy atom. The van der Waals surface area contributed by atoms with Crippen molar-refractivity contribution in [1.82, 2.24) is 19.9 Å². The molecule has 0 aliphatic heterocycles. The molecule has 0 aliphatic rings. The van der Waals surface area contributed by atoms with Crippen LogP contribution >= 0.6 is 11.6 Å². The number of nitrogens with one attached hydrogen (secondary N) is 2. The monoisotopic (exact) mass is 407 g/mol. The third-order valence-corrected chi connectivity index (χ3v) is 5.32. The molecule has 0 saturated heterocycles. The van der Waals surface area contributed by atoms with Gasteiger partial charge in [-0.2, -0.15) is 5.10 Å². The predicted molar refractivity (Wildman–Crippen MR) is 102 cm³/mol. The van der Waals surface area contributed by atoms with Crippen LogP contribution in [-0.4, -0.2) is 34.5 Å². The maximum absolute atomic E-state index is 12.6. The Hall–Kier alpha value is -2.65. The van der Waals surface area contributed by atoms with Gasteiger partial charge in [-0.1, -0.05) is 23.7 Å². The molecule has 1 aromatic carbocycles. The molecular formula is C17H18ClN5O3S. The first kappa shape index (κ1) is 19.1. The Morgan fingerprint density at radius 3 is 2.56 bits per heavy atom. The van der Waals surface area contributed by atoms with Crippen molar-refractivity contribution in [2.24, 2.45) is 0 Å². The number of halogens is 1. The van der Waals surface area contributed by atoms with Gasteiger partial charge in [-0.15, -0.1) is 0 Å².